The van der Waals surface area contributed by atoms with Crippen LogP contribution in [0.25, 0.3) is 0 Å². The van der Waals surface area contributed by atoms with Crippen LogP contribution in [0.2, 0.25) is 0 Å². The van der Waals surface area contributed by atoms with Crippen molar-refractivity contribution in [2.45, 2.75) is 0 Å². The maximum absolute atomic E-state index is 0. The normalized spacial score (nSPS) is 0. The first-order valence-corrected chi connectivity index (χ1v) is 0. The second-order valence-electron chi connectivity index (χ2n) is 0. The summed E-state index contributed by atoms with van der Waals surface area (Å²) >= 11 is 0. The van der Waals surface area contributed by atoms with Gasteiger partial charge in [0.2, 0.25) is 0 Å². The van der Waals surface area contributed by atoms with Crippen molar-refractivity contribution in [3.63, 3.8) is 0 Å². The van der Waals surface area contributed by atoms with Crippen molar-refractivity contribution in [1.29, 1.82) is 0 Å². The van der Waals surface area contributed by atoms with Gasteiger partial charge in [0.25, 0.3) is 0 Å². The van der Waals surface area contributed by atoms with Crippen LogP contribution in [0.1, 0.15) is 0 Å². The Labute approximate surface area is 144 Å². The van der Waals surface area contributed by atoms with Gasteiger partial charge in [0.15, 0.2) is 0 Å². The number of hydrogen-bond acceptors (Lipinski definition) is 0. The molecule has 0 saturated heterocycles. The van der Waals surface area contributed by atoms with E-state index in [-0.39, 0.29) is 146 Å². The molecule has 0 aliphatic carbocycles. The van der Waals surface area contributed by atoms with Gasteiger partial charge in [-0.05, 0) is 0 Å². The Kier molecular flexibility index (Phi) is 9650. The summed E-state index contributed by atoms with van der Waals surface area (Å²) in [4.78, 5) is 0. The summed E-state index contributed by atoms with van der Waals surface area (Å²) < 4.78 is 0. The molecule has 0 N–H and O–H groups in total. The van der Waals surface area contributed by atoms with Crippen LogP contribution in [0.15, 0.2) is 0 Å². The Morgan fingerprint density at radius 1 is 0.308 bits per heavy atom. The van der Waals surface area contributed by atoms with Gasteiger partial charge in [0, 0.05) is 0 Å². The Bertz CT molecular complexity index is 22.5. The van der Waals surface area contributed by atoms with Crippen LogP contribution in [-0.2, 0) is 146 Å². The minimum atomic E-state index is 0. The van der Waals surface area contributed by atoms with E-state index in [1.54, 1.807) is 0 Å². The summed E-state index contributed by atoms with van der Waals surface area (Å²) in [6.45, 7) is 0. The second-order valence-corrected chi connectivity index (χ2v) is 0. The molecule has 0 spiro atoms. The fraction of sp³-hybridized carbons (Fsp3) is 0. The molecular weight excluding hydrogens is 464 g/mol. The SMILES string of the molecule is [Fe+3].[Fe+3].[Mn+2].[Mn+2].[O-2].[O-2].[O-2].[O-2].[O-2].[O-2].[O-2].[Zn+2].[Zn+2]. The molecule has 0 rings (SSSR count). The van der Waals surface area contributed by atoms with Crippen molar-refractivity contribution in [3.8, 4) is 0 Å². The molecule has 0 aromatic carbocycles. The molecule has 0 aliphatic heterocycles. The van der Waals surface area contributed by atoms with E-state index >= 15 is 0 Å². The van der Waals surface area contributed by atoms with E-state index in [1.165, 1.54) is 0 Å². The molecule has 0 fully saturated rings. The predicted molar refractivity (Wildman–Crippen MR) is 4.81 cm³/mol. The topological polar surface area (TPSA) is 200 Å². The maximum Gasteiger partial charge on any atom is 3.00 e. The summed E-state index contributed by atoms with van der Waals surface area (Å²) in [7, 11) is 0. The minimum Gasteiger partial charge on any atom is -2.00 e. The zero-order valence-electron chi connectivity index (χ0n) is 5.73. The van der Waals surface area contributed by atoms with E-state index in [1.807, 2.05) is 0 Å². The van der Waals surface area contributed by atoms with Gasteiger partial charge >= 0.3 is 107 Å². The van der Waals surface area contributed by atoms with Crippen LogP contribution in [0.3, 0.4) is 0 Å². The first-order chi connectivity index (χ1) is 0. The van der Waals surface area contributed by atoms with Gasteiger partial charge in [0.1, 0.15) is 0 Å². The summed E-state index contributed by atoms with van der Waals surface area (Å²) in [5.74, 6) is 0. The third kappa shape index (κ3) is 276. The molecule has 0 aromatic heterocycles. The van der Waals surface area contributed by atoms with Crippen LogP contribution in [0.4, 0.5) is 0 Å². The smallest absolute Gasteiger partial charge is 2.00 e. The van der Waals surface area contributed by atoms with Gasteiger partial charge in [-0.3, -0.25) is 0 Å². The third-order valence-electron chi connectivity index (χ3n) is 0. The van der Waals surface area contributed by atoms with E-state index < -0.39 is 0 Å². The Morgan fingerprint density at radius 2 is 0.308 bits per heavy atom. The van der Waals surface area contributed by atoms with E-state index in [9.17, 15) is 0 Å². The minimum absolute atomic E-state index is 0. The van der Waals surface area contributed by atoms with E-state index in [0.717, 1.165) is 0 Å². The van der Waals surface area contributed by atoms with Crippen LogP contribution in [0.5, 0.6) is 0 Å². The molecule has 13 heteroatoms. The van der Waals surface area contributed by atoms with Crippen molar-refractivity contribution >= 4 is 0 Å². The molecule has 0 atom stereocenters. The average molecular weight is 464 g/mol. The summed E-state index contributed by atoms with van der Waals surface area (Å²) in [5, 5.41) is 0. The van der Waals surface area contributed by atoms with Gasteiger partial charge in [-0.25, -0.2) is 0 Å². The molecular formula is Fe2Mn2O7Zn2. The third-order valence-corrected chi connectivity index (χ3v) is 0. The molecule has 7 nitrogen and oxygen atoms in total. The van der Waals surface area contributed by atoms with E-state index in [4.69, 9.17) is 0 Å². The van der Waals surface area contributed by atoms with Gasteiger partial charge < -0.3 is 38.3 Å². The Morgan fingerprint density at radius 3 is 0.308 bits per heavy atom. The monoisotopic (exact) mass is 462 g/mol. The zero-order valence-corrected chi connectivity index (χ0v) is 16.2. The molecule has 4 radical (unpaired) electrons. The van der Waals surface area contributed by atoms with Crippen molar-refractivity contribution in [3.05, 3.63) is 0 Å². The van der Waals surface area contributed by atoms with Crippen molar-refractivity contribution in [2.24, 2.45) is 0 Å². The number of rotatable bonds is 0. The molecule has 0 bridgehead atoms. The molecule has 13 heavy (non-hydrogen) atoms. The van der Waals surface area contributed by atoms with Gasteiger partial charge in [-0.2, -0.15) is 0 Å². The summed E-state index contributed by atoms with van der Waals surface area (Å²) in [5.41, 5.74) is 0. The standard InChI is InChI=1S/2Fe.2Mn.7O.2Zn/q2*+3;2*+2;7*-2;2*+2. The van der Waals surface area contributed by atoms with Crippen molar-refractivity contribution in [1.82, 2.24) is 0 Å². The van der Waals surface area contributed by atoms with Gasteiger partial charge in [-0.15, -0.1) is 0 Å². The zero-order chi connectivity index (χ0) is 0. The van der Waals surface area contributed by atoms with Crippen LogP contribution in [0, 0.1) is 0 Å². The fourth-order valence-electron chi connectivity index (χ4n) is 0. The summed E-state index contributed by atoms with van der Waals surface area (Å²) in [6, 6.07) is 0. The van der Waals surface area contributed by atoms with Gasteiger partial charge in [0.05, 0.1) is 0 Å². The van der Waals surface area contributed by atoms with Crippen LogP contribution in [-0.4, -0.2) is 0 Å². The number of hydrogen-bond donors (Lipinski definition) is 0. The fourth-order valence-corrected chi connectivity index (χ4v) is 0. The maximum atomic E-state index is 0. The molecule has 0 unspecified atom stereocenters. The molecule has 0 aliphatic rings. The second kappa shape index (κ2) is 320. The first-order valence-electron chi connectivity index (χ1n) is 0. The Hall–Kier alpha value is 3.04. The Balaban J connectivity index is 0. The molecule has 0 saturated carbocycles. The van der Waals surface area contributed by atoms with Crippen LogP contribution >= 0.6 is 0 Å². The van der Waals surface area contributed by atoms with Gasteiger partial charge in [-0.1, -0.05) is 0 Å². The molecule has 0 aromatic rings. The molecule has 0 amide bonds. The van der Waals surface area contributed by atoms with Crippen molar-refractivity contribution in [2.75, 3.05) is 0 Å². The van der Waals surface area contributed by atoms with E-state index in [0.29, 0.717) is 0 Å². The molecule has 76 valence electrons. The average Bonchev–Trinajstić information content (AvgIpc) is 0. The summed E-state index contributed by atoms with van der Waals surface area (Å²) in [6.07, 6.45) is 0. The van der Waals surface area contributed by atoms with Crippen molar-refractivity contribution < 1.29 is 146 Å². The van der Waals surface area contributed by atoms with Crippen LogP contribution < -0.4 is 0 Å². The molecule has 0 heterocycles. The largest absolute Gasteiger partial charge is 3.00 e. The quantitative estimate of drug-likeness (QED) is 0.403. The first kappa shape index (κ1) is 392. The van der Waals surface area contributed by atoms with E-state index in [2.05, 4.69) is 0 Å². The predicted octanol–water partition coefficient (Wildman–Crippen LogP) is -0.847.